The monoisotopic (exact) mass is 324 g/mol. The molecule has 0 aliphatic carbocycles. The minimum atomic E-state index is -3.46. The minimum Gasteiger partial charge on any atom is -0.336 e. The molecular weight excluding hydrogens is 300 g/mol. The van der Waals surface area contributed by atoms with Gasteiger partial charge in [0.05, 0.1) is 5.75 Å². The molecule has 0 radical (unpaired) electrons. The minimum absolute atomic E-state index is 0.00393. The van der Waals surface area contributed by atoms with Crippen molar-refractivity contribution in [3.05, 3.63) is 35.4 Å². The van der Waals surface area contributed by atoms with Crippen molar-refractivity contribution in [2.45, 2.75) is 51.4 Å². The largest absolute Gasteiger partial charge is 0.336 e. The Balaban J connectivity index is 2.03. The topological polar surface area (TPSA) is 66.5 Å². The maximum Gasteiger partial charge on any atom is 0.224 e. The average molecular weight is 324 g/mol. The highest BCUT2D eigenvalue weighted by Crippen LogP contribution is 2.22. The number of hydrogen-bond acceptors (Lipinski definition) is 3. The zero-order valence-electron chi connectivity index (χ0n) is 13.6. The van der Waals surface area contributed by atoms with Gasteiger partial charge in [0.15, 0.2) is 0 Å². The first-order valence-corrected chi connectivity index (χ1v) is 9.08. The van der Waals surface area contributed by atoms with Crippen LogP contribution >= 0.6 is 0 Å². The number of rotatable bonds is 4. The Morgan fingerprint density at radius 1 is 1.32 bits per heavy atom. The summed E-state index contributed by atoms with van der Waals surface area (Å²) in [5.74, 6) is -0.0646. The Morgan fingerprint density at radius 3 is 2.55 bits per heavy atom. The molecular formula is C16H24N2O3S. The van der Waals surface area contributed by atoms with Gasteiger partial charge in [0, 0.05) is 24.5 Å². The molecule has 5 nitrogen and oxygen atoms in total. The molecule has 1 fully saturated rings. The van der Waals surface area contributed by atoms with Crippen molar-refractivity contribution in [2.75, 3.05) is 6.54 Å². The third-order valence-electron chi connectivity index (χ3n) is 3.72. The van der Waals surface area contributed by atoms with E-state index in [-0.39, 0.29) is 29.7 Å². The molecule has 1 aliphatic rings. The van der Waals surface area contributed by atoms with Gasteiger partial charge < -0.3 is 4.90 Å². The summed E-state index contributed by atoms with van der Waals surface area (Å²) in [7, 11) is -3.46. The summed E-state index contributed by atoms with van der Waals surface area (Å²) in [6.45, 7) is 8.22. The van der Waals surface area contributed by atoms with E-state index in [1.54, 1.807) is 11.0 Å². The second kappa shape index (κ2) is 6.01. The van der Waals surface area contributed by atoms with Crippen LogP contribution in [0.3, 0.4) is 0 Å². The van der Waals surface area contributed by atoms with E-state index in [2.05, 4.69) is 4.72 Å². The maximum absolute atomic E-state index is 12.3. The van der Waals surface area contributed by atoms with Crippen molar-refractivity contribution >= 4 is 15.9 Å². The third-order valence-corrected chi connectivity index (χ3v) is 5.13. The Labute approximate surface area is 132 Å². The number of amides is 1. The Bertz CT molecular complexity index is 662. The number of hydrogen-bond donors (Lipinski definition) is 1. The number of sulfonamides is 1. The fourth-order valence-electron chi connectivity index (χ4n) is 2.75. The van der Waals surface area contributed by atoms with E-state index in [4.69, 9.17) is 0 Å². The van der Waals surface area contributed by atoms with Crippen LogP contribution in [0.25, 0.3) is 0 Å². The number of nitrogens with zero attached hydrogens (tertiary/aromatic N) is 1. The molecule has 1 aromatic carbocycles. The normalized spacial score (nSPS) is 19.7. The average Bonchev–Trinajstić information content (AvgIpc) is 2.68. The van der Waals surface area contributed by atoms with Crippen LogP contribution in [-0.2, 0) is 20.6 Å². The highest BCUT2D eigenvalue weighted by molar-refractivity contribution is 7.88. The van der Waals surface area contributed by atoms with Crippen LogP contribution in [0.5, 0.6) is 0 Å². The van der Waals surface area contributed by atoms with Crippen molar-refractivity contribution in [1.82, 2.24) is 9.62 Å². The van der Waals surface area contributed by atoms with E-state index in [1.165, 1.54) is 0 Å². The second-order valence-corrected chi connectivity index (χ2v) is 8.70. The van der Waals surface area contributed by atoms with E-state index in [0.717, 1.165) is 11.1 Å². The van der Waals surface area contributed by atoms with Crippen LogP contribution < -0.4 is 4.72 Å². The number of carbonyl (C=O) groups excluding carboxylic acids is 1. The molecule has 1 N–H and O–H groups in total. The highest BCUT2D eigenvalue weighted by atomic mass is 32.2. The van der Waals surface area contributed by atoms with E-state index < -0.39 is 10.0 Å². The van der Waals surface area contributed by atoms with Gasteiger partial charge in [-0.05, 0) is 33.3 Å². The van der Waals surface area contributed by atoms with Gasteiger partial charge in [0.2, 0.25) is 15.9 Å². The summed E-state index contributed by atoms with van der Waals surface area (Å²) in [5, 5.41) is 0. The number of nitrogens with one attached hydrogen (secondary N) is 1. The predicted octanol–water partition coefficient (Wildman–Crippen LogP) is 1.81. The van der Waals surface area contributed by atoms with Crippen molar-refractivity contribution in [3.8, 4) is 0 Å². The number of aryl methyl sites for hydroxylation is 1. The molecule has 1 aromatic rings. The summed E-state index contributed by atoms with van der Waals surface area (Å²) in [5.41, 5.74) is 1.50. The van der Waals surface area contributed by atoms with E-state index in [0.29, 0.717) is 6.54 Å². The zero-order valence-corrected chi connectivity index (χ0v) is 14.4. The fraction of sp³-hybridized carbons (Fsp3) is 0.562. The molecule has 0 aromatic heterocycles. The van der Waals surface area contributed by atoms with Gasteiger partial charge in [-0.2, -0.15) is 0 Å². The molecule has 1 atom stereocenters. The summed E-state index contributed by atoms with van der Waals surface area (Å²) < 4.78 is 27.2. The predicted molar refractivity (Wildman–Crippen MR) is 86.8 cm³/mol. The first-order chi connectivity index (χ1) is 10.1. The second-order valence-electron chi connectivity index (χ2n) is 6.94. The van der Waals surface area contributed by atoms with E-state index in [9.17, 15) is 13.2 Å². The number of benzene rings is 1. The molecule has 0 bridgehead atoms. The Hall–Kier alpha value is -1.40. The lowest BCUT2D eigenvalue weighted by molar-refractivity contribution is -0.131. The van der Waals surface area contributed by atoms with Gasteiger partial charge in [0.25, 0.3) is 0 Å². The van der Waals surface area contributed by atoms with Gasteiger partial charge in [-0.3, -0.25) is 4.79 Å². The summed E-state index contributed by atoms with van der Waals surface area (Å²) in [6, 6.07) is 7.09. The molecule has 0 spiro atoms. The van der Waals surface area contributed by atoms with Gasteiger partial charge in [0.1, 0.15) is 0 Å². The molecule has 1 unspecified atom stereocenters. The lowest BCUT2D eigenvalue weighted by Crippen LogP contribution is -2.44. The Kier molecular flexibility index (Phi) is 4.63. The van der Waals surface area contributed by atoms with E-state index >= 15 is 0 Å². The number of carbonyl (C=O) groups is 1. The Morgan fingerprint density at radius 2 is 2.00 bits per heavy atom. The maximum atomic E-state index is 12.3. The van der Waals surface area contributed by atoms with Crippen molar-refractivity contribution in [2.24, 2.45) is 0 Å². The first-order valence-electron chi connectivity index (χ1n) is 7.43. The lowest BCUT2D eigenvalue weighted by atomic mass is 10.1. The van der Waals surface area contributed by atoms with Crippen molar-refractivity contribution in [1.29, 1.82) is 0 Å². The highest BCUT2D eigenvalue weighted by Gasteiger charge is 2.37. The van der Waals surface area contributed by atoms with E-state index in [1.807, 2.05) is 45.9 Å². The zero-order chi connectivity index (χ0) is 16.5. The molecule has 1 aliphatic heterocycles. The summed E-state index contributed by atoms with van der Waals surface area (Å²) >= 11 is 0. The van der Waals surface area contributed by atoms with Crippen LogP contribution in [0.1, 0.15) is 38.3 Å². The molecule has 1 amide bonds. The molecule has 22 heavy (non-hydrogen) atoms. The van der Waals surface area contributed by atoms with Crippen LogP contribution in [-0.4, -0.2) is 37.4 Å². The standard InChI is InChI=1S/C16H24N2O3S/c1-12-6-5-7-13(8-12)11-22(20,21)17-14-9-15(19)18(10-14)16(2,3)4/h5-8,14,17H,9-11H2,1-4H3. The van der Waals surface area contributed by atoms with Crippen LogP contribution in [0, 0.1) is 6.92 Å². The quantitative estimate of drug-likeness (QED) is 0.918. The van der Waals surface area contributed by atoms with Crippen LogP contribution in [0.2, 0.25) is 0 Å². The van der Waals surface area contributed by atoms with Gasteiger partial charge in [-0.1, -0.05) is 29.8 Å². The molecule has 0 saturated carbocycles. The molecule has 2 rings (SSSR count). The van der Waals surface area contributed by atoms with Gasteiger partial charge >= 0.3 is 0 Å². The first kappa shape index (κ1) is 17.0. The molecule has 1 saturated heterocycles. The fourth-order valence-corrected chi connectivity index (χ4v) is 4.12. The van der Waals surface area contributed by atoms with Crippen molar-refractivity contribution in [3.63, 3.8) is 0 Å². The van der Waals surface area contributed by atoms with Crippen LogP contribution in [0.15, 0.2) is 24.3 Å². The SMILES string of the molecule is Cc1cccc(CS(=O)(=O)NC2CC(=O)N(C(C)(C)C)C2)c1. The lowest BCUT2D eigenvalue weighted by Gasteiger charge is -2.32. The smallest absolute Gasteiger partial charge is 0.224 e. The molecule has 6 heteroatoms. The summed E-state index contributed by atoms with van der Waals surface area (Å²) in [6.07, 6.45) is 0.227. The molecule has 122 valence electrons. The third kappa shape index (κ3) is 4.30. The molecule has 1 heterocycles. The number of likely N-dealkylation sites (tertiary alicyclic amines) is 1. The van der Waals surface area contributed by atoms with Gasteiger partial charge in [-0.15, -0.1) is 0 Å². The van der Waals surface area contributed by atoms with Crippen LogP contribution in [0.4, 0.5) is 0 Å². The summed E-state index contributed by atoms with van der Waals surface area (Å²) in [4.78, 5) is 13.7. The van der Waals surface area contributed by atoms with Gasteiger partial charge in [-0.25, -0.2) is 13.1 Å². The van der Waals surface area contributed by atoms with Crippen molar-refractivity contribution < 1.29 is 13.2 Å².